The van der Waals surface area contributed by atoms with Crippen LogP contribution in [0.25, 0.3) is 0 Å². The molecule has 0 aliphatic carbocycles. The van der Waals surface area contributed by atoms with Gasteiger partial charge in [-0.2, -0.15) is 0 Å². The summed E-state index contributed by atoms with van der Waals surface area (Å²) in [5.74, 6) is 0.131. The minimum atomic E-state index is -1.85. The van der Waals surface area contributed by atoms with Crippen molar-refractivity contribution >= 4 is 41.1 Å². The van der Waals surface area contributed by atoms with Crippen LogP contribution in [0.3, 0.4) is 0 Å². The van der Waals surface area contributed by atoms with Crippen molar-refractivity contribution in [3.63, 3.8) is 0 Å². The lowest BCUT2D eigenvalue weighted by Crippen LogP contribution is -2.53. The van der Waals surface area contributed by atoms with Crippen molar-refractivity contribution in [3.8, 4) is 5.75 Å². The largest absolute Gasteiger partial charge is 0.497 e. The lowest BCUT2D eigenvalue weighted by molar-refractivity contribution is 0.0410. The highest BCUT2D eigenvalue weighted by Gasteiger charge is 2.26. The monoisotopic (exact) mass is 584 g/mol. The molecule has 10 heteroatoms. The van der Waals surface area contributed by atoms with Crippen LogP contribution in [-0.2, 0) is 11.3 Å². The summed E-state index contributed by atoms with van der Waals surface area (Å²) < 4.78 is 37.0. The first kappa shape index (κ1) is 28.3. The van der Waals surface area contributed by atoms with E-state index < -0.39 is 18.3 Å². The Kier molecular flexibility index (Phi) is 12.8. The molecule has 2 aromatic rings. The van der Waals surface area contributed by atoms with Crippen LogP contribution in [0, 0.1) is 9.39 Å². The van der Waals surface area contributed by atoms with E-state index >= 15 is 0 Å². The fraction of sp³-hybridized carbons (Fsp3) is 0.409. The van der Waals surface area contributed by atoms with E-state index in [4.69, 9.17) is 14.6 Å². The zero-order chi connectivity index (χ0) is 22.8. The standard InChI is InChI=1S/C15H21FN2O3.C7H6FIO.ClH/c1-3-12-9-17-6-7-18(12)15(19)21-10-11-8-13(20-2)4-5-14(11)16;8-7(10)5-2-1-3-6(9)4-5;/h4-5,8,12,17H,3,6-7,9-10H2,1-2H3;1-4,7,10H;1H/t12-;;/m1../s1. The molecule has 0 radical (unpaired) electrons. The maximum absolute atomic E-state index is 13.7. The molecule has 1 heterocycles. The quantitative estimate of drug-likeness (QED) is 0.493. The molecule has 3 rings (SSSR count). The molecular weight excluding hydrogens is 557 g/mol. The maximum Gasteiger partial charge on any atom is 0.410 e. The fourth-order valence-electron chi connectivity index (χ4n) is 3.03. The van der Waals surface area contributed by atoms with Crippen molar-refractivity contribution in [2.24, 2.45) is 0 Å². The van der Waals surface area contributed by atoms with Crippen LogP contribution in [0.5, 0.6) is 5.75 Å². The third-order valence-electron chi connectivity index (χ3n) is 4.78. The van der Waals surface area contributed by atoms with Crippen LogP contribution in [0.1, 0.15) is 30.8 Å². The number of piperazine rings is 1. The van der Waals surface area contributed by atoms with Crippen molar-refractivity contribution in [3.05, 3.63) is 63.0 Å². The van der Waals surface area contributed by atoms with Crippen LogP contribution in [0.4, 0.5) is 13.6 Å². The zero-order valence-electron chi connectivity index (χ0n) is 17.9. The number of hydrogen-bond donors (Lipinski definition) is 2. The number of rotatable bonds is 5. The lowest BCUT2D eigenvalue weighted by Gasteiger charge is -2.34. The van der Waals surface area contributed by atoms with Gasteiger partial charge < -0.3 is 24.8 Å². The molecule has 6 nitrogen and oxygen atoms in total. The third-order valence-corrected chi connectivity index (χ3v) is 5.45. The summed E-state index contributed by atoms with van der Waals surface area (Å²) in [7, 11) is 1.51. The molecule has 1 unspecified atom stereocenters. The Morgan fingerprint density at radius 3 is 2.69 bits per heavy atom. The Balaban J connectivity index is 0.000000393. The number of amides is 1. The molecule has 1 aliphatic heterocycles. The van der Waals surface area contributed by atoms with Crippen LogP contribution in [0.15, 0.2) is 42.5 Å². The first-order valence-electron chi connectivity index (χ1n) is 9.89. The summed E-state index contributed by atoms with van der Waals surface area (Å²) in [6.45, 7) is 4.05. The number of aliphatic hydroxyl groups is 1. The molecule has 0 saturated carbocycles. The number of carbonyl (C=O) groups excluding carboxylic acids is 1. The van der Waals surface area contributed by atoms with E-state index in [1.165, 1.54) is 25.3 Å². The highest BCUT2D eigenvalue weighted by Crippen LogP contribution is 2.18. The van der Waals surface area contributed by atoms with E-state index in [0.717, 1.165) is 23.1 Å². The Morgan fingerprint density at radius 2 is 2.09 bits per heavy atom. The molecule has 1 aliphatic rings. The molecule has 32 heavy (non-hydrogen) atoms. The SMILES string of the molecule is CC[C@@H]1CNCCN1C(=O)OCc1cc(OC)ccc1F.Cl.OC(F)c1cccc(I)c1. The van der Waals surface area contributed by atoms with Crippen molar-refractivity contribution in [2.75, 3.05) is 26.7 Å². The van der Waals surface area contributed by atoms with E-state index in [0.29, 0.717) is 23.4 Å². The second-order valence-electron chi connectivity index (χ2n) is 6.86. The van der Waals surface area contributed by atoms with Crippen molar-refractivity contribution < 1.29 is 28.2 Å². The first-order chi connectivity index (χ1) is 14.8. The van der Waals surface area contributed by atoms with Gasteiger partial charge in [0.25, 0.3) is 0 Å². The summed E-state index contributed by atoms with van der Waals surface area (Å²) in [5.41, 5.74) is 0.623. The molecule has 2 atom stereocenters. The number of nitrogens with zero attached hydrogens (tertiary/aromatic N) is 1. The summed E-state index contributed by atoms with van der Waals surface area (Å²) >= 11 is 2.06. The van der Waals surface area contributed by atoms with Gasteiger partial charge in [-0.05, 0) is 59.3 Å². The van der Waals surface area contributed by atoms with Crippen LogP contribution in [0.2, 0.25) is 0 Å². The van der Waals surface area contributed by atoms with Crippen LogP contribution >= 0.6 is 35.0 Å². The molecular formula is C22H28ClF2IN2O4. The number of benzene rings is 2. The van der Waals surface area contributed by atoms with Gasteiger partial charge in [0, 0.05) is 40.4 Å². The highest BCUT2D eigenvalue weighted by atomic mass is 127. The summed E-state index contributed by atoms with van der Waals surface area (Å²) in [5, 5.41) is 11.7. The minimum Gasteiger partial charge on any atom is -0.497 e. The number of methoxy groups -OCH3 is 1. The Hall–Kier alpha value is -1.69. The molecule has 1 saturated heterocycles. The van der Waals surface area contributed by atoms with Gasteiger partial charge in [-0.15, -0.1) is 12.4 Å². The molecule has 2 aromatic carbocycles. The van der Waals surface area contributed by atoms with E-state index in [1.54, 1.807) is 23.1 Å². The Labute approximate surface area is 206 Å². The lowest BCUT2D eigenvalue weighted by atomic mass is 10.1. The van der Waals surface area contributed by atoms with E-state index in [1.807, 2.05) is 13.0 Å². The van der Waals surface area contributed by atoms with Gasteiger partial charge in [-0.3, -0.25) is 0 Å². The number of carbonyl (C=O) groups is 1. The van der Waals surface area contributed by atoms with E-state index in [-0.39, 0.29) is 25.1 Å². The van der Waals surface area contributed by atoms with Crippen molar-refractivity contribution in [1.29, 1.82) is 0 Å². The van der Waals surface area contributed by atoms with Crippen molar-refractivity contribution in [1.82, 2.24) is 10.2 Å². The van der Waals surface area contributed by atoms with Crippen LogP contribution in [-0.4, -0.2) is 48.9 Å². The van der Waals surface area contributed by atoms with Gasteiger partial charge >= 0.3 is 6.09 Å². The smallest absolute Gasteiger partial charge is 0.410 e. The van der Waals surface area contributed by atoms with Crippen molar-refractivity contribution in [2.45, 2.75) is 32.4 Å². The number of nitrogens with one attached hydrogen (secondary N) is 1. The summed E-state index contributed by atoms with van der Waals surface area (Å²) in [4.78, 5) is 13.8. The van der Waals surface area contributed by atoms with Crippen LogP contribution < -0.4 is 10.1 Å². The minimum absolute atomic E-state index is 0. The van der Waals surface area contributed by atoms with Gasteiger partial charge in [0.05, 0.1) is 7.11 Å². The summed E-state index contributed by atoms with van der Waals surface area (Å²) in [6, 6.07) is 11.2. The first-order valence-corrected chi connectivity index (χ1v) is 11.0. The Morgan fingerprint density at radius 1 is 1.34 bits per heavy atom. The number of alkyl halides is 1. The molecule has 0 bridgehead atoms. The average molecular weight is 585 g/mol. The summed E-state index contributed by atoms with van der Waals surface area (Å²) in [6.07, 6.45) is -1.39. The van der Waals surface area contributed by atoms with E-state index in [9.17, 15) is 13.6 Å². The molecule has 0 spiro atoms. The average Bonchev–Trinajstić information content (AvgIpc) is 2.78. The van der Waals surface area contributed by atoms with Gasteiger partial charge in [0.15, 0.2) is 0 Å². The number of ether oxygens (including phenoxy) is 2. The van der Waals surface area contributed by atoms with Gasteiger partial charge in [-0.1, -0.05) is 19.1 Å². The molecule has 0 aromatic heterocycles. The number of halogens is 4. The third kappa shape index (κ3) is 8.68. The molecule has 1 amide bonds. The highest BCUT2D eigenvalue weighted by molar-refractivity contribution is 14.1. The second kappa shape index (κ2) is 14.5. The van der Waals surface area contributed by atoms with E-state index in [2.05, 4.69) is 27.9 Å². The predicted octanol–water partition coefficient (Wildman–Crippen LogP) is 4.83. The molecule has 178 valence electrons. The fourth-order valence-corrected chi connectivity index (χ4v) is 3.60. The molecule has 2 N–H and O–H groups in total. The predicted molar refractivity (Wildman–Crippen MR) is 129 cm³/mol. The second-order valence-corrected chi connectivity index (χ2v) is 8.11. The number of aliphatic hydroxyl groups excluding tert-OH is 1. The molecule has 1 fully saturated rings. The Bertz CT molecular complexity index is 860. The van der Waals surface area contributed by atoms with Gasteiger partial charge in [0.1, 0.15) is 18.2 Å². The zero-order valence-corrected chi connectivity index (χ0v) is 20.9. The van der Waals surface area contributed by atoms with Gasteiger partial charge in [-0.25, -0.2) is 13.6 Å². The van der Waals surface area contributed by atoms with Gasteiger partial charge in [0.2, 0.25) is 6.36 Å². The normalized spacial score (nSPS) is 16.2. The number of hydrogen-bond acceptors (Lipinski definition) is 5. The maximum atomic E-state index is 13.7. The topological polar surface area (TPSA) is 71.0 Å².